The van der Waals surface area contributed by atoms with Crippen molar-refractivity contribution < 1.29 is 35.9 Å². The molecule has 1 aliphatic rings. The van der Waals surface area contributed by atoms with Crippen LogP contribution in [-0.4, -0.2) is 47.7 Å². The third kappa shape index (κ3) is 4.51. The highest BCUT2D eigenvalue weighted by atomic mass is 19.4. The van der Waals surface area contributed by atoms with Gasteiger partial charge < -0.3 is 10.2 Å². The number of amides is 2. The van der Waals surface area contributed by atoms with Gasteiger partial charge in [-0.3, -0.25) is 9.59 Å². The molecule has 0 spiro atoms. The van der Waals surface area contributed by atoms with Crippen molar-refractivity contribution in [3.05, 3.63) is 0 Å². The summed E-state index contributed by atoms with van der Waals surface area (Å²) in [4.78, 5) is 22.7. The quantitative estimate of drug-likeness (QED) is 0.780. The number of hydrogen-bond acceptors (Lipinski definition) is 3. The van der Waals surface area contributed by atoms with Crippen LogP contribution >= 0.6 is 0 Å². The maximum absolute atomic E-state index is 12.8. The Bertz CT molecular complexity index is 482. The third-order valence-electron chi connectivity index (χ3n) is 3.10. The van der Waals surface area contributed by atoms with E-state index >= 15 is 0 Å². The molecule has 0 radical (unpaired) electrons. The molecule has 0 bridgehead atoms. The number of nitrogens with one attached hydrogen (secondary N) is 1. The lowest BCUT2D eigenvalue weighted by molar-refractivity contribution is -0.198. The average molecular weight is 331 g/mol. The van der Waals surface area contributed by atoms with Gasteiger partial charge >= 0.3 is 18.3 Å². The number of carbonyl (C=O) groups excluding carboxylic acids is 2. The number of halogens is 6. The molecule has 1 rings (SSSR count). The van der Waals surface area contributed by atoms with Gasteiger partial charge in [-0.15, -0.1) is 0 Å². The number of carbonyl (C=O) groups is 2. The Balaban J connectivity index is 2.85. The summed E-state index contributed by atoms with van der Waals surface area (Å²) < 4.78 is 74.9. The predicted octanol–water partition coefficient (Wildman–Crippen LogP) is 1.50. The topological polar surface area (TPSA) is 73.2 Å². The van der Waals surface area contributed by atoms with Crippen LogP contribution < -0.4 is 5.32 Å². The summed E-state index contributed by atoms with van der Waals surface area (Å²) >= 11 is 0. The van der Waals surface area contributed by atoms with Crippen molar-refractivity contribution in [2.45, 2.75) is 43.7 Å². The van der Waals surface area contributed by atoms with Crippen LogP contribution in [0.1, 0.15) is 19.3 Å². The summed E-state index contributed by atoms with van der Waals surface area (Å²) in [5.41, 5.74) is 0. The van der Waals surface area contributed by atoms with E-state index in [0.717, 1.165) is 0 Å². The minimum absolute atomic E-state index is 0.300. The van der Waals surface area contributed by atoms with Gasteiger partial charge in [0.1, 0.15) is 12.5 Å². The first kappa shape index (κ1) is 18.1. The Morgan fingerprint density at radius 3 is 2.23 bits per heavy atom. The van der Waals surface area contributed by atoms with Gasteiger partial charge in [-0.1, -0.05) is 0 Å². The first-order valence-electron chi connectivity index (χ1n) is 6.07. The second-order valence-electron chi connectivity index (χ2n) is 4.68. The van der Waals surface area contributed by atoms with E-state index in [1.54, 1.807) is 5.32 Å². The van der Waals surface area contributed by atoms with E-state index in [4.69, 9.17) is 5.26 Å². The fourth-order valence-electron chi connectivity index (χ4n) is 2.14. The van der Waals surface area contributed by atoms with Gasteiger partial charge in [0.25, 0.3) is 0 Å². The summed E-state index contributed by atoms with van der Waals surface area (Å²) in [6, 6.07) is -2.04. The van der Waals surface area contributed by atoms with E-state index in [-0.39, 0.29) is 6.42 Å². The van der Waals surface area contributed by atoms with E-state index in [2.05, 4.69) is 0 Å². The SMILES string of the molecule is N#CCC(=O)N1CC(NC(=O)C(F)(F)F)CCC1C(F)(F)F. The first-order chi connectivity index (χ1) is 9.96. The lowest BCUT2D eigenvalue weighted by Gasteiger charge is -2.40. The van der Waals surface area contributed by atoms with Gasteiger partial charge in [0.05, 0.1) is 6.07 Å². The van der Waals surface area contributed by atoms with Crippen LogP contribution in [0, 0.1) is 11.3 Å². The number of hydrogen-bond donors (Lipinski definition) is 1. The molecule has 0 aliphatic carbocycles. The highest BCUT2D eigenvalue weighted by Crippen LogP contribution is 2.32. The second kappa shape index (κ2) is 6.41. The number of piperidine rings is 1. The van der Waals surface area contributed by atoms with Crippen LogP contribution in [0.25, 0.3) is 0 Å². The molecule has 1 heterocycles. The number of nitriles is 1. The van der Waals surface area contributed by atoms with Crippen LogP contribution in [0.15, 0.2) is 0 Å². The monoisotopic (exact) mass is 331 g/mol. The molecule has 2 atom stereocenters. The van der Waals surface area contributed by atoms with E-state index in [1.165, 1.54) is 6.07 Å². The van der Waals surface area contributed by atoms with Crippen molar-refractivity contribution in [3.8, 4) is 6.07 Å². The molecule has 11 heteroatoms. The lowest BCUT2D eigenvalue weighted by atomic mass is 9.97. The van der Waals surface area contributed by atoms with E-state index in [1.807, 2.05) is 0 Å². The van der Waals surface area contributed by atoms with Crippen molar-refractivity contribution in [1.82, 2.24) is 10.2 Å². The molecule has 1 aliphatic heterocycles. The standard InChI is InChI=1S/C11H11F6N3O2/c12-10(13,14)7-2-1-6(19-9(22)11(15,16)17)5-20(7)8(21)3-4-18/h6-7H,1-3,5H2,(H,19,22). The summed E-state index contributed by atoms with van der Waals surface area (Å²) in [6.45, 7) is -0.730. The van der Waals surface area contributed by atoms with Gasteiger partial charge in [0, 0.05) is 12.6 Å². The molecule has 0 aromatic carbocycles. The largest absolute Gasteiger partial charge is 0.471 e. The summed E-state index contributed by atoms with van der Waals surface area (Å²) in [7, 11) is 0. The van der Waals surface area contributed by atoms with Crippen LogP contribution in [0.3, 0.4) is 0 Å². The van der Waals surface area contributed by atoms with Gasteiger partial charge in [-0.25, -0.2) is 0 Å². The fourth-order valence-corrected chi connectivity index (χ4v) is 2.14. The summed E-state index contributed by atoms with van der Waals surface area (Å²) in [6.07, 6.45) is -11.8. The predicted molar refractivity (Wildman–Crippen MR) is 59.0 cm³/mol. The fraction of sp³-hybridized carbons (Fsp3) is 0.727. The number of alkyl halides is 6. The van der Waals surface area contributed by atoms with Crippen molar-refractivity contribution in [1.29, 1.82) is 5.26 Å². The zero-order valence-electron chi connectivity index (χ0n) is 11.0. The number of nitrogens with zero attached hydrogens (tertiary/aromatic N) is 2. The Morgan fingerprint density at radius 2 is 1.77 bits per heavy atom. The van der Waals surface area contributed by atoms with Crippen molar-refractivity contribution in [2.24, 2.45) is 0 Å². The van der Waals surface area contributed by atoms with Crippen LogP contribution in [0.2, 0.25) is 0 Å². The average Bonchev–Trinajstić information content (AvgIpc) is 2.36. The molecule has 124 valence electrons. The van der Waals surface area contributed by atoms with Crippen molar-refractivity contribution in [2.75, 3.05) is 6.54 Å². The normalized spacial score (nSPS) is 22.9. The molecular formula is C11H11F6N3O2. The molecule has 2 amide bonds. The lowest BCUT2D eigenvalue weighted by Crippen LogP contribution is -2.59. The van der Waals surface area contributed by atoms with Gasteiger partial charge in [-0.2, -0.15) is 31.6 Å². The Kier molecular flexibility index (Phi) is 5.26. The minimum atomic E-state index is -5.16. The molecule has 0 aromatic rings. The van der Waals surface area contributed by atoms with Crippen LogP contribution in [0.5, 0.6) is 0 Å². The zero-order valence-corrected chi connectivity index (χ0v) is 11.0. The zero-order chi connectivity index (χ0) is 17.1. The molecule has 1 N–H and O–H groups in total. The van der Waals surface area contributed by atoms with Gasteiger partial charge in [0.15, 0.2) is 0 Å². The molecule has 2 unspecified atom stereocenters. The number of likely N-dealkylation sites (tertiary alicyclic amines) is 1. The molecule has 22 heavy (non-hydrogen) atoms. The molecular weight excluding hydrogens is 320 g/mol. The third-order valence-corrected chi connectivity index (χ3v) is 3.10. The van der Waals surface area contributed by atoms with Crippen molar-refractivity contribution in [3.63, 3.8) is 0 Å². The summed E-state index contributed by atoms with van der Waals surface area (Å²) in [5.74, 6) is -3.42. The Hall–Kier alpha value is -1.99. The summed E-state index contributed by atoms with van der Waals surface area (Å²) in [5, 5.41) is 9.93. The molecule has 0 saturated carbocycles. The van der Waals surface area contributed by atoms with E-state index < -0.39 is 55.6 Å². The Labute approximate surface area is 120 Å². The molecule has 1 saturated heterocycles. The van der Waals surface area contributed by atoms with Crippen molar-refractivity contribution >= 4 is 11.8 Å². The maximum Gasteiger partial charge on any atom is 0.471 e. The van der Waals surface area contributed by atoms with E-state index in [9.17, 15) is 35.9 Å². The van der Waals surface area contributed by atoms with Crippen LogP contribution in [-0.2, 0) is 9.59 Å². The number of rotatable bonds is 2. The minimum Gasteiger partial charge on any atom is -0.344 e. The second-order valence-corrected chi connectivity index (χ2v) is 4.68. The maximum atomic E-state index is 12.8. The Morgan fingerprint density at radius 1 is 1.18 bits per heavy atom. The van der Waals surface area contributed by atoms with Gasteiger partial charge in [0.2, 0.25) is 5.91 Å². The first-order valence-corrected chi connectivity index (χ1v) is 6.07. The smallest absolute Gasteiger partial charge is 0.344 e. The molecule has 1 fully saturated rings. The van der Waals surface area contributed by atoms with Gasteiger partial charge in [-0.05, 0) is 12.8 Å². The highest BCUT2D eigenvalue weighted by molar-refractivity contribution is 5.82. The van der Waals surface area contributed by atoms with E-state index in [0.29, 0.717) is 4.90 Å². The molecule has 5 nitrogen and oxygen atoms in total. The van der Waals surface area contributed by atoms with Crippen LogP contribution in [0.4, 0.5) is 26.3 Å². The molecule has 0 aromatic heterocycles. The highest BCUT2D eigenvalue weighted by Gasteiger charge is 2.49.